The Morgan fingerprint density at radius 2 is 1.52 bits per heavy atom. The van der Waals surface area contributed by atoms with Gasteiger partial charge in [0.1, 0.15) is 28.1 Å². The Labute approximate surface area is 237 Å². The van der Waals surface area contributed by atoms with Crippen LogP contribution in [0.3, 0.4) is 0 Å². The van der Waals surface area contributed by atoms with Crippen molar-refractivity contribution in [3.05, 3.63) is 89.3 Å². The van der Waals surface area contributed by atoms with Crippen molar-refractivity contribution in [1.82, 2.24) is 9.69 Å². The van der Waals surface area contributed by atoms with E-state index in [0.29, 0.717) is 28.4 Å². The van der Waals surface area contributed by atoms with E-state index in [2.05, 4.69) is 9.69 Å². The lowest BCUT2D eigenvalue weighted by Gasteiger charge is -2.32. The molecule has 3 aromatic carbocycles. The average molecular weight is 557 g/mol. The first-order valence-corrected chi connectivity index (χ1v) is 14.0. The van der Waals surface area contributed by atoms with E-state index in [0.717, 1.165) is 42.8 Å². The number of carbonyl (C=O) groups is 2. The summed E-state index contributed by atoms with van der Waals surface area (Å²) in [4.78, 5) is 30.2. The molecular weight excluding hydrogens is 524 g/mol. The minimum atomic E-state index is -0.938. The summed E-state index contributed by atoms with van der Waals surface area (Å²) in [6.45, 7) is 0. The highest BCUT2D eigenvalue weighted by Gasteiger charge is 2.36. The molecule has 0 saturated heterocycles. The van der Waals surface area contributed by atoms with Gasteiger partial charge >= 0.3 is 0 Å². The van der Waals surface area contributed by atoms with Gasteiger partial charge in [0.25, 0.3) is 5.91 Å². The van der Waals surface area contributed by atoms with Crippen molar-refractivity contribution in [3.8, 4) is 22.8 Å². The van der Waals surface area contributed by atoms with Gasteiger partial charge in [-0.05, 0) is 78.5 Å². The third-order valence-corrected chi connectivity index (χ3v) is 8.03. The lowest BCUT2D eigenvalue weighted by atomic mass is 10.0. The van der Waals surface area contributed by atoms with Crippen LogP contribution in [0, 0.1) is 0 Å². The molecule has 8 nitrogen and oxygen atoms in total. The maximum Gasteiger partial charge on any atom is 0.273 e. The fraction of sp³-hybridized carbons (Fsp3) is 0.258. The van der Waals surface area contributed by atoms with E-state index in [9.17, 15) is 9.59 Å². The molecule has 3 N–H and O–H groups in total. The number of aromatic nitrogens is 1. The van der Waals surface area contributed by atoms with Crippen molar-refractivity contribution in [2.45, 2.75) is 37.8 Å². The smallest absolute Gasteiger partial charge is 0.273 e. The fourth-order valence-corrected chi connectivity index (χ4v) is 5.80. The highest BCUT2D eigenvalue weighted by molar-refractivity contribution is 7.09. The summed E-state index contributed by atoms with van der Waals surface area (Å²) in [5, 5.41) is 3.20. The molecule has 1 atom stereocenters. The second-order valence-electron chi connectivity index (χ2n) is 9.68. The van der Waals surface area contributed by atoms with E-state index in [1.165, 1.54) is 4.90 Å². The Hall–Kier alpha value is -4.37. The minimum absolute atomic E-state index is 0.0797. The maximum atomic E-state index is 14.4. The van der Waals surface area contributed by atoms with Crippen LogP contribution in [-0.2, 0) is 4.79 Å². The topological polar surface area (TPSA) is 107 Å². The first-order chi connectivity index (χ1) is 19.5. The number of nitrogens with one attached hydrogen (secondary N) is 1. The molecule has 9 heteroatoms. The Bertz CT molecular complexity index is 1450. The van der Waals surface area contributed by atoms with Gasteiger partial charge in [-0.25, -0.2) is 0 Å². The van der Waals surface area contributed by atoms with Crippen molar-refractivity contribution in [1.29, 1.82) is 0 Å². The van der Waals surface area contributed by atoms with Gasteiger partial charge in [-0.15, -0.1) is 0 Å². The summed E-state index contributed by atoms with van der Waals surface area (Å²) in [6.07, 6.45) is 4.00. The summed E-state index contributed by atoms with van der Waals surface area (Å²) in [5.41, 5.74) is 9.35. The zero-order valence-corrected chi connectivity index (χ0v) is 23.3. The highest BCUT2D eigenvalue weighted by Crippen LogP contribution is 2.37. The van der Waals surface area contributed by atoms with Gasteiger partial charge in [0, 0.05) is 17.3 Å². The number of ether oxygens (including phenoxy) is 2. The molecule has 1 aliphatic rings. The Balaban J connectivity index is 1.58. The molecule has 0 radical (unpaired) electrons. The number of carbonyl (C=O) groups excluding carboxylic acids is 2. The highest BCUT2D eigenvalue weighted by atomic mass is 32.1. The standard InChI is InChI=1S/C31H32N4O4S/c1-38-24-16-12-20(13-17-24)27-26(32)29(40-34-27)31(37)35(23-10-4-3-5-11-23)28(21-14-18-25(39-2)19-15-21)30(36)33-22-8-6-7-9-22/h3-5,10-19,22,28H,6-9,32H2,1-2H3,(H,33,36)/t28-/m0/s1. The second-order valence-corrected chi connectivity index (χ2v) is 10.5. The molecule has 1 aliphatic carbocycles. The third kappa shape index (κ3) is 5.65. The van der Waals surface area contributed by atoms with Crippen LogP contribution in [0.4, 0.5) is 11.4 Å². The van der Waals surface area contributed by atoms with Crippen LogP contribution in [0.1, 0.15) is 47.0 Å². The van der Waals surface area contributed by atoms with Crippen LogP contribution in [-0.4, -0.2) is 36.4 Å². The van der Waals surface area contributed by atoms with Crippen molar-refractivity contribution in [2.24, 2.45) is 0 Å². The van der Waals surface area contributed by atoms with Gasteiger partial charge in [0.15, 0.2) is 0 Å². The average Bonchev–Trinajstić information content (AvgIpc) is 3.65. The number of hydrogen-bond donors (Lipinski definition) is 2. The summed E-state index contributed by atoms with van der Waals surface area (Å²) in [6, 6.07) is 22.9. The largest absolute Gasteiger partial charge is 0.497 e. The fourth-order valence-electron chi connectivity index (χ4n) is 5.04. The Morgan fingerprint density at radius 3 is 2.12 bits per heavy atom. The molecule has 5 rings (SSSR count). The molecule has 1 aromatic heterocycles. The number of nitrogens with zero attached hydrogens (tertiary/aromatic N) is 2. The molecule has 206 valence electrons. The number of methoxy groups -OCH3 is 2. The van der Waals surface area contributed by atoms with E-state index in [1.54, 1.807) is 26.4 Å². The molecule has 0 aliphatic heterocycles. The molecule has 1 fully saturated rings. The Kier molecular flexibility index (Phi) is 8.31. The predicted octanol–water partition coefficient (Wildman–Crippen LogP) is 5.86. The van der Waals surface area contributed by atoms with Crippen LogP contribution >= 0.6 is 11.5 Å². The molecule has 4 aromatic rings. The summed E-state index contributed by atoms with van der Waals surface area (Å²) in [7, 11) is 3.19. The lowest BCUT2D eigenvalue weighted by Crippen LogP contribution is -2.46. The van der Waals surface area contributed by atoms with E-state index < -0.39 is 11.9 Å². The number of para-hydroxylation sites is 1. The van der Waals surface area contributed by atoms with Crippen LogP contribution in [0.2, 0.25) is 0 Å². The molecule has 2 amide bonds. The van der Waals surface area contributed by atoms with E-state index in [-0.39, 0.29) is 22.5 Å². The number of nitrogens with two attached hydrogens (primary N) is 1. The minimum Gasteiger partial charge on any atom is -0.497 e. The first kappa shape index (κ1) is 27.2. The summed E-state index contributed by atoms with van der Waals surface area (Å²) in [5.74, 6) is 0.725. The zero-order valence-electron chi connectivity index (χ0n) is 22.5. The van der Waals surface area contributed by atoms with Gasteiger partial charge in [-0.3, -0.25) is 14.5 Å². The van der Waals surface area contributed by atoms with Gasteiger partial charge in [0.2, 0.25) is 5.91 Å². The SMILES string of the molecule is COc1ccc(-c2nsc(C(=O)N(c3ccccc3)[C@H](C(=O)NC3CCCC3)c3ccc(OC)cc3)c2N)cc1. The van der Waals surface area contributed by atoms with Crippen LogP contribution < -0.4 is 25.4 Å². The molecular formula is C31H32N4O4S. The normalized spacial score (nSPS) is 13.9. The van der Waals surface area contributed by atoms with Crippen molar-refractivity contribution in [2.75, 3.05) is 24.9 Å². The molecule has 1 saturated carbocycles. The van der Waals surface area contributed by atoms with E-state index in [1.807, 2.05) is 66.7 Å². The molecule has 1 heterocycles. The van der Waals surface area contributed by atoms with Crippen molar-refractivity contribution >= 4 is 34.7 Å². The molecule has 0 spiro atoms. The summed E-state index contributed by atoms with van der Waals surface area (Å²) >= 11 is 1.03. The quantitative estimate of drug-likeness (QED) is 0.268. The van der Waals surface area contributed by atoms with E-state index in [4.69, 9.17) is 15.2 Å². The number of nitrogen functional groups attached to an aromatic ring is 1. The van der Waals surface area contributed by atoms with Gasteiger partial charge in [-0.1, -0.05) is 43.2 Å². The van der Waals surface area contributed by atoms with Gasteiger partial charge < -0.3 is 20.5 Å². The number of hydrogen-bond acceptors (Lipinski definition) is 7. The van der Waals surface area contributed by atoms with Crippen LogP contribution in [0.15, 0.2) is 78.9 Å². The Morgan fingerprint density at radius 1 is 0.925 bits per heavy atom. The maximum absolute atomic E-state index is 14.4. The van der Waals surface area contributed by atoms with E-state index >= 15 is 0 Å². The van der Waals surface area contributed by atoms with Crippen molar-refractivity contribution < 1.29 is 19.1 Å². The lowest BCUT2D eigenvalue weighted by molar-refractivity contribution is -0.123. The molecule has 0 bridgehead atoms. The van der Waals surface area contributed by atoms with Gasteiger partial charge in [0.05, 0.1) is 19.9 Å². The summed E-state index contributed by atoms with van der Waals surface area (Å²) < 4.78 is 15.1. The monoisotopic (exact) mass is 556 g/mol. The number of benzene rings is 3. The number of amides is 2. The number of rotatable bonds is 9. The zero-order chi connectivity index (χ0) is 28.1. The predicted molar refractivity (Wildman–Crippen MR) is 158 cm³/mol. The van der Waals surface area contributed by atoms with Gasteiger partial charge in [-0.2, -0.15) is 4.37 Å². The number of anilines is 2. The third-order valence-electron chi connectivity index (χ3n) is 7.18. The van der Waals surface area contributed by atoms with Crippen molar-refractivity contribution in [3.63, 3.8) is 0 Å². The van der Waals surface area contributed by atoms with Crippen LogP contribution in [0.25, 0.3) is 11.3 Å². The second kappa shape index (κ2) is 12.2. The van der Waals surface area contributed by atoms with Crippen LogP contribution in [0.5, 0.6) is 11.5 Å². The molecule has 0 unspecified atom stereocenters. The molecule has 40 heavy (non-hydrogen) atoms. The first-order valence-electron chi connectivity index (χ1n) is 13.2.